The fourth-order valence-corrected chi connectivity index (χ4v) is 2.43. The monoisotopic (exact) mass is 232 g/mol. The Labute approximate surface area is 98.2 Å². The lowest BCUT2D eigenvalue weighted by molar-refractivity contribution is -0.134. The van der Waals surface area contributed by atoms with E-state index in [1.807, 2.05) is 0 Å². The van der Waals surface area contributed by atoms with Crippen molar-refractivity contribution in [1.29, 1.82) is 0 Å². The summed E-state index contributed by atoms with van der Waals surface area (Å²) in [5.41, 5.74) is 1.24. The van der Waals surface area contributed by atoms with Crippen LogP contribution >= 0.6 is 11.3 Å². The zero-order valence-electron chi connectivity index (χ0n) is 9.19. The molecule has 16 heavy (non-hydrogen) atoms. The molecule has 0 aliphatic carbocycles. The molecule has 0 saturated heterocycles. The normalized spacial score (nSPS) is 11.1. The maximum Gasteiger partial charge on any atom is 0.330 e. The Morgan fingerprint density at radius 3 is 2.94 bits per heavy atom. The van der Waals surface area contributed by atoms with Crippen LogP contribution in [-0.2, 0) is 9.53 Å². The second kappa shape index (κ2) is 4.49. The molecule has 0 spiro atoms. The highest BCUT2D eigenvalue weighted by molar-refractivity contribution is 7.19. The highest BCUT2D eigenvalue weighted by Gasteiger charge is 2.00. The lowest BCUT2D eigenvalue weighted by Crippen LogP contribution is -1.92. The minimum absolute atomic E-state index is 0.325. The zero-order valence-corrected chi connectivity index (χ0v) is 10.0. The van der Waals surface area contributed by atoms with Crippen LogP contribution in [0.3, 0.4) is 0 Å². The number of ether oxygens (including phenoxy) is 1. The third-order valence-corrected chi connectivity index (χ3v) is 3.36. The molecule has 0 atom stereocenters. The molecule has 0 aliphatic heterocycles. The lowest BCUT2D eigenvalue weighted by atomic mass is 10.2. The van der Waals surface area contributed by atoms with Crippen LogP contribution < -0.4 is 0 Å². The van der Waals surface area contributed by atoms with Gasteiger partial charge in [0, 0.05) is 15.7 Å². The van der Waals surface area contributed by atoms with E-state index in [-0.39, 0.29) is 5.97 Å². The first-order chi connectivity index (χ1) is 7.69. The summed E-state index contributed by atoms with van der Waals surface area (Å²) in [6, 6.07) is 8.41. The van der Waals surface area contributed by atoms with E-state index in [0.717, 1.165) is 4.88 Å². The van der Waals surface area contributed by atoms with Crippen molar-refractivity contribution in [2.75, 3.05) is 7.11 Å². The molecule has 82 valence electrons. The van der Waals surface area contributed by atoms with E-state index in [2.05, 4.69) is 35.9 Å². The fourth-order valence-electron chi connectivity index (χ4n) is 1.48. The van der Waals surface area contributed by atoms with Gasteiger partial charge >= 0.3 is 5.97 Å². The first-order valence-electron chi connectivity index (χ1n) is 4.95. The second-order valence-electron chi connectivity index (χ2n) is 3.55. The highest BCUT2D eigenvalue weighted by atomic mass is 32.1. The number of thiophene rings is 1. The summed E-state index contributed by atoms with van der Waals surface area (Å²) in [5, 5.41) is 1.22. The summed E-state index contributed by atoms with van der Waals surface area (Å²) < 4.78 is 5.78. The van der Waals surface area contributed by atoms with Crippen molar-refractivity contribution in [2.45, 2.75) is 6.92 Å². The molecule has 0 N–H and O–H groups in total. The second-order valence-corrected chi connectivity index (χ2v) is 4.66. The SMILES string of the molecule is COC(=O)/C=C/c1cc2cc(C)ccc2s1. The van der Waals surface area contributed by atoms with Crippen LogP contribution in [0.25, 0.3) is 16.2 Å². The van der Waals surface area contributed by atoms with Crippen molar-refractivity contribution in [2.24, 2.45) is 0 Å². The lowest BCUT2D eigenvalue weighted by Gasteiger charge is -1.89. The molecular weight excluding hydrogens is 220 g/mol. The van der Waals surface area contributed by atoms with E-state index in [0.29, 0.717) is 0 Å². The Hall–Kier alpha value is -1.61. The van der Waals surface area contributed by atoms with Gasteiger partial charge in [-0.25, -0.2) is 4.79 Å². The van der Waals surface area contributed by atoms with Crippen LogP contribution in [0.5, 0.6) is 0 Å². The molecule has 1 heterocycles. The van der Waals surface area contributed by atoms with Gasteiger partial charge in [0.2, 0.25) is 0 Å². The van der Waals surface area contributed by atoms with Crippen molar-refractivity contribution in [3.63, 3.8) is 0 Å². The average Bonchev–Trinajstić information content (AvgIpc) is 2.67. The first-order valence-corrected chi connectivity index (χ1v) is 5.77. The van der Waals surface area contributed by atoms with Crippen LogP contribution in [0.2, 0.25) is 0 Å². The van der Waals surface area contributed by atoms with Gasteiger partial charge < -0.3 is 4.74 Å². The van der Waals surface area contributed by atoms with Crippen LogP contribution in [-0.4, -0.2) is 13.1 Å². The van der Waals surface area contributed by atoms with E-state index in [9.17, 15) is 4.79 Å². The molecule has 2 rings (SSSR count). The van der Waals surface area contributed by atoms with E-state index in [4.69, 9.17) is 0 Å². The Kier molecular flexibility index (Phi) is 3.06. The van der Waals surface area contributed by atoms with E-state index < -0.39 is 0 Å². The number of esters is 1. The number of carbonyl (C=O) groups is 1. The Morgan fingerprint density at radius 1 is 1.38 bits per heavy atom. The number of fused-ring (bicyclic) bond motifs is 1. The van der Waals surface area contributed by atoms with E-state index in [1.165, 1.54) is 28.8 Å². The summed E-state index contributed by atoms with van der Waals surface area (Å²) >= 11 is 1.66. The predicted octanol–water partition coefficient (Wildman–Crippen LogP) is 3.40. The number of carbonyl (C=O) groups excluding carboxylic acids is 1. The van der Waals surface area contributed by atoms with Crippen LogP contribution in [0, 0.1) is 6.92 Å². The molecule has 0 aliphatic rings. The number of rotatable bonds is 2. The molecule has 1 aromatic heterocycles. The highest BCUT2D eigenvalue weighted by Crippen LogP contribution is 2.27. The molecule has 0 fully saturated rings. The molecule has 2 nitrogen and oxygen atoms in total. The smallest absolute Gasteiger partial charge is 0.330 e. The van der Waals surface area contributed by atoms with Crippen LogP contribution in [0.1, 0.15) is 10.4 Å². The number of aryl methyl sites for hydroxylation is 1. The minimum atomic E-state index is -0.325. The zero-order chi connectivity index (χ0) is 11.5. The van der Waals surface area contributed by atoms with Gasteiger partial charge in [-0.1, -0.05) is 17.7 Å². The van der Waals surface area contributed by atoms with Crippen LogP contribution in [0.4, 0.5) is 0 Å². The number of methoxy groups -OCH3 is 1. The summed E-state index contributed by atoms with van der Waals surface area (Å²) in [7, 11) is 1.38. The molecular formula is C13H12O2S. The molecule has 0 bridgehead atoms. The summed E-state index contributed by atoms with van der Waals surface area (Å²) in [6.45, 7) is 2.07. The number of benzene rings is 1. The third-order valence-electron chi connectivity index (χ3n) is 2.28. The fraction of sp³-hybridized carbons (Fsp3) is 0.154. The standard InChI is InChI=1S/C13H12O2S/c1-9-3-5-12-10(7-9)8-11(16-12)4-6-13(14)15-2/h3-8H,1-2H3/b6-4+. The van der Waals surface area contributed by atoms with Gasteiger partial charge in [0.05, 0.1) is 7.11 Å². The van der Waals surface area contributed by atoms with E-state index >= 15 is 0 Å². The molecule has 3 heteroatoms. The van der Waals surface area contributed by atoms with Gasteiger partial charge in [-0.15, -0.1) is 11.3 Å². The molecule has 2 aromatic rings. The molecule has 0 unspecified atom stereocenters. The van der Waals surface area contributed by atoms with Crippen molar-refractivity contribution in [1.82, 2.24) is 0 Å². The predicted molar refractivity (Wildman–Crippen MR) is 67.6 cm³/mol. The van der Waals surface area contributed by atoms with Gasteiger partial charge in [-0.3, -0.25) is 0 Å². The van der Waals surface area contributed by atoms with Crippen molar-refractivity contribution in [3.05, 3.63) is 40.8 Å². The van der Waals surface area contributed by atoms with Gasteiger partial charge in [0.25, 0.3) is 0 Å². The first kappa shape index (κ1) is 10.9. The topological polar surface area (TPSA) is 26.3 Å². The third kappa shape index (κ3) is 2.31. The van der Waals surface area contributed by atoms with E-state index in [1.54, 1.807) is 17.4 Å². The Morgan fingerprint density at radius 2 is 2.19 bits per heavy atom. The average molecular weight is 232 g/mol. The van der Waals surface area contributed by atoms with Gasteiger partial charge in [-0.05, 0) is 30.5 Å². The number of hydrogen-bond acceptors (Lipinski definition) is 3. The number of hydrogen-bond donors (Lipinski definition) is 0. The molecule has 1 aromatic carbocycles. The molecule has 0 amide bonds. The minimum Gasteiger partial charge on any atom is -0.466 e. The van der Waals surface area contributed by atoms with Gasteiger partial charge in [-0.2, -0.15) is 0 Å². The van der Waals surface area contributed by atoms with Crippen molar-refractivity contribution < 1.29 is 9.53 Å². The quantitative estimate of drug-likeness (QED) is 0.586. The van der Waals surface area contributed by atoms with Gasteiger partial charge in [0.15, 0.2) is 0 Å². The summed E-state index contributed by atoms with van der Waals surface area (Å²) in [5.74, 6) is -0.325. The largest absolute Gasteiger partial charge is 0.466 e. The van der Waals surface area contributed by atoms with Gasteiger partial charge in [0.1, 0.15) is 0 Å². The maximum atomic E-state index is 11.0. The van der Waals surface area contributed by atoms with Crippen molar-refractivity contribution >= 4 is 33.5 Å². The Bertz CT molecular complexity index is 552. The molecule has 0 radical (unpaired) electrons. The maximum absolute atomic E-state index is 11.0. The Balaban J connectivity index is 2.33. The molecule has 0 saturated carbocycles. The summed E-state index contributed by atoms with van der Waals surface area (Å²) in [6.07, 6.45) is 3.23. The van der Waals surface area contributed by atoms with Crippen LogP contribution in [0.15, 0.2) is 30.3 Å². The summed E-state index contributed by atoms with van der Waals surface area (Å²) in [4.78, 5) is 12.0. The van der Waals surface area contributed by atoms with Crippen molar-refractivity contribution in [3.8, 4) is 0 Å².